The predicted molar refractivity (Wildman–Crippen MR) is 40.5 cm³/mol. The first kappa shape index (κ1) is 8.02. The summed E-state index contributed by atoms with van der Waals surface area (Å²) >= 11 is 0. The molecule has 10 heavy (non-hydrogen) atoms. The van der Waals surface area contributed by atoms with Crippen molar-refractivity contribution < 1.29 is 10.0 Å². The Balaban J connectivity index is 2.54. The highest BCUT2D eigenvalue weighted by atomic mass is 16.3. The molecular weight excluding hydrogens is 126 g/mol. The van der Waals surface area contributed by atoms with Gasteiger partial charge in [0.15, 0.2) is 0 Å². The summed E-state index contributed by atoms with van der Waals surface area (Å²) in [6, 6.07) is 0. The molecule has 0 radical (unpaired) electrons. The fourth-order valence-corrected chi connectivity index (χ4v) is 1.50. The summed E-state index contributed by atoms with van der Waals surface area (Å²) in [7, 11) is 3.87. The highest BCUT2D eigenvalue weighted by Gasteiger charge is 2.38. The van der Waals surface area contributed by atoms with E-state index >= 15 is 0 Å². The molecular formula is C8H17NO. The fraction of sp³-hybridized carbons (Fsp3) is 0.875. The van der Waals surface area contributed by atoms with E-state index in [1.165, 1.54) is 4.90 Å². The molecule has 1 saturated heterocycles. The average Bonchev–Trinajstić information content (AvgIpc) is 2.13. The SMILES string of the molecule is [CH2-][NH+]1CCC(O)(C(C)C)C1. The monoisotopic (exact) mass is 143 g/mol. The van der Waals surface area contributed by atoms with Gasteiger partial charge in [-0.05, 0) is 5.92 Å². The lowest BCUT2D eigenvalue weighted by atomic mass is 9.90. The van der Waals surface area contributed by atoms with E-state index in [0.717, 1.165) is 19.5 Å². The van der Waals surface area contributed by atoms with Crippen LogP contribution in [0.4, 0.5) is 0 Å². The number of hydrogen-bond donors (Lipinski definition) is 2. The predicted octanol–water partition coefficient (Wildman–Crippen LogP) is -0.546. The Labute approximate surface area is 62.8 Å². The van der Waals surface area contributed by atoms with E-state index in [1.807, 2.05) is 0 Å². The van der Waals surface area contributed by atoms with Gasteiger partial charge in [-0.25, -0.2) is 0 Å². The molecule has 0 aromatic heterocycles. The Morgan fingerprint density at radius 1 is 1.60 bits per heavy atom. The van der Waals surface area contributed by atoms with E-state index in [-0.39, 0.29) is 0 Å². The molecule has 0 aromatic carbocycles. The molecule has 1 aliphatic rings. The van der Waals surface area contributed by atoms with Gasteiger partial charge in [-0.2, -0.15) is 7.05 Å². The zero-order valence-corrected chi connectivity index (χ0v) is 6.85. The Hall–Kier alpha value is -0.0800. The topological polar surface area (TPSA) is 24.7 Å². The number of rotatable bonds is 1. The van der Waals surface area contributed by atoms with Gasteiger partial charge in [-0.15, -0.1) is 0 Å². The second kappa shape index (κ2) is 2.51. The molecule has 0 bridgehead atoms. The van der Waals surface area contributed by atoms with Crippen molar-refractivity contribution in [2.24, 2.45) is 5.92 Å². The van der Waals surface area contributed by atoms with Crippen LogP contribution in [0, 0.1) is 13.0 Å². The summed E-state index contributed by atoms with van der Waals surface area (Å²) in [4.78, 5) is 1.20. The molecule has 2 unspecified atom stereocenters. The van der Waals surface area contributed by atoms with Crippen LogP contribution in [0.2, 0.25) is 0 Å². The van der Waals surface area contributed by atoms with Crippen molar-refractivity contribution in [1.82, 2.24) is 0 Å². The Morgan fingerprint density at radius 3 is 2.40 bits per heavy atom. The molecule has 1 fully saturated rings. The summed E-state index contributed by atoms with van der Waals surface area (Å²) in [6.45, 7) is 5.95. The highest BCUT2D eigenvalue weighted by Crippen LogP contribution is 2.20. The lowest BCUT2D eigenvalue weighted by Crippen LogP contribution is -3.05. The van der Waals surface area contributed by atoms with Gasteiger partial charge in [0, 0.05) is 6.42 Å². The molecule has 2 atom stereocenters. The molecule has 0 saturated carbocycles. The van der Waals surface area contributed by atoms with Crippen molar-refractivity contribution in [2.75, 3.05) is 13.1 Å². The number of likely N-dealkylation sites (tertiary alicyclic amines) is 1. The molecule has 1 heterocycles. The fourth-order valence-electron chi connectivity index (χ4n) is 1.50. The van der Waals surface area contributed by atoms with Crippen LogP contribution < -0.4 is 4.90 Å². The zero-order valence-electron chi connectivity index (χ0n) is 6.85. The normalized spacial score (nSPS) is 41.1. The van der Waals surface area contributed by atoms with E-state index in [2.05, 4.69) is 20.9 Å². The van der Waals surface area contributed by atoms with Gasteiger partial charge < -0.3 is 10.0 Å². The molecule has 0 aliphatic carbocycles. The van der Waals surface area contributed by atoms with Crippen LogP contribution in [-0.2, 0) is 0 Å². The van der Waals surface area contributed by atoms with Crippen LogP contribution in [0.5, 0.6) is 0 Å². The maximum atomic E-state index is 9.88. The minimum absolute atomic E-state index is 0.367. The lowest BCUT2D eigenvalue weighted by Gasteiger charge is -2.25. The van der Waals surface area contributed by atoms with Gasteiger partial charge in [-0.1, -0.05) is 13.8 Å². The Morgan fingerprint density at radius 2 is 2.20 bits per heavy atom. The van der Waals surface area contributed by atoms with Crippen molar-refractivity contribution in [1.29, 1.82) is 0 Å². The summed E-state index contributed by atoms with van der Waals surface area (Å²) in [5, 5.41) is 9.88. The first-order valence-corrected chi connectivity index (χ1v) is 3.93. The van der Waals surface area contributed by atoms with Gasteiger partial charge in [0.05, 0.1) is 13.1 Å². The van der Waals surface area contributed by atoms with Gasteiger partial charge in [0.1, 0.15) is 5.60 Å². The van der Waals surface area contributed by atoms with Gasteiger partial charge in [0.25, 0.3) is 0 Å². The van der Waals surface area contributed by atoms with Crippen LogP contribution in [0.15, 0.2) is 0 Å². The molecule has 1 rings (SSSR count). The zero-order chi connectivity index (χ0) is 7.78. The Bertz CT molecular complexity index is 124. The van der Waals surface area contributed by atoms with E-state index in [1.54, 1.807) is 0 Å². The van der Waals surface area contributed by atoms with Gasteiger partial charge >= 0.3 is 0 Å². The quantitative estimate of drug-likeness (QED) is 0.473. The number of aliphatic hydroxyl groups is 1. The summed E-state index contributed by atoms with van der Waals surface area (Å²) < 4.78 is 0. The van der Waals surface area contributed by atoms with Gasteiger partial charge in [-0.3, -0.25) is 0 Å². The minimum atomic E-state index is -0.433. The largest absolute Gasteiger partial charge is 0.465 e. The van der Waals surface area contributed by atoms with Crippen LogP contribution in [0.1, 0.15) is 20.3 Å². The van der Waals surface area contributed by atoms with Crippen molar-refractivity contribution >= 4 is 0 Å². The number of quaternary nitrogens is 1. The number of nitrogens with one attached hydrogen (secondary N) is 1. The van der Waals surface area contributed by atoms with E-state index in [0.29, 0.717) is 5.92 Å². The molecule has 60 valence electrons. The third kappa shape index (κ3) is 1.32. The van der Waals surface area contributed by atoms with Crippen molar-refractivity contribution in [2.45, 2.75) is 25.9 Å². The standard InChI is InChI=1S/C8H17NO/c1-7(2)8(10)4-5-9(3)6-8/h7,9-10H,3-6H2,1-2H3. The summed E-state index contributed by atoms with van der Waals surface area (Å²) in [5.74, 6) is 0.367. The van der Waals surface area contributed by atoms with Crippen LogP contribution in [0.3, 0.4) is 0 Å². The summed E-state index contributed by atoms with van der Waals surface area (Å²) in [6.07, 6.45) is 0.906. The first-order chi connectivity index (χ1) is 4.54. The smallest absolute Gasteiger partial charge is 0.119 e. The molecule has 0 spiro atoms. The lowest BCUT2D eigenvalue weighted by molar-refractivity contribution is -0.843. The van der Waals surface area contributed by atoms with Crippen molar-refractivity contribution in [3.05, 3.63) is 7.05 Å². The second-order valence-corrected chi connectivity index (χ2v) is 3.69. The number of hydrogen-bond acceptors (Lipinski definition) is 1. The van der Waals surface area contributed by atoms with Crippen LogP contribution in [0.25, 0.3) is 0 Å². The molecule has 0 amide bonds. The second-order valence-electron chi connectivity index (χ2n) is 3.69. The molecule has 1 aliphatic heterocycles. The van der Waals surface area contributed by atoms with Gasteiger partial charge in [0.2, 0.25) is 0 Å². The highest BCUT2D eigenvalue weighted by molar-refractivity contribution is 4.83. The third-order valence-corrected chi connectivity index (χ3v) is 2.54. The molecule has 0 aromatic rings. The van der Waals surface area contributed by atoms with E-state index < -0.39 is 5.60 Å². The molecule has 2 nitrogen and oxygen atoms in total. The third-order valence-electron chi connectivity index (χ3n) is 2.54. The van der Waals surface area contributed by atoms with Crippen LogP contribution in [-0.4, -0.2) is 23.8 Å². The van der Waals surface area contributed by atoms with E-state index in [9.17, 15) is 5.11 Å². The van der Waals surface area contributed by atoms with Crippen LogP contribution >= 0.6 is 0 Å². The maximum absolute atomic E-state index is 9.88. The minimum Gasteiger partial charge on any atom is -0.465 e. The average molecular weight is 143 g/mol. The molecule has 2 N–H and O–H groups in total. The van der Waals surface area contributed by atoms with Crippen molar-refractivity contribution in [3.63, 3.8) is 0 Å². The Kier molecular flexibility index (Phi) is 2.02. The maximum Gasteiger partial charge on any atom is 0.119 e. The first-order valence-electron chi connectivity index (χ1n) is 3.93. The van der Waals surface area contributed by atoms with Crippen molar-refractivity contribution in [3.8, 4) is 0 Å². The summed E-state index contributed by atoms with van der Waals surface area (Å²) in [5.41, 5.74) is -0.433. The van der Waals surface area contributed by atoms with E-state index in [4.69, 9.17) is 0 Å². The molecule has 2 heteroatoms.